The van der Waals surface area contributed by atoms with Crippen molar-refractivity contribution in [1.82, 2.24) is 5.32 Å². The number of hydrogen-bond donors (Lipinski definition) is 2. The van der Waals surface area contributed by atoms with Gasteiger partial charge in [-0.1, -0.05) is 222 Å². The number of hydrogen-bond acceptors (Lipinski definition) is 6. The smallest absolute Gasteiger partial charge is 0.268 e. The van der Waals surface area contributed by atoms with E-state index in [1.54, 1.807) is 0 Å². The van der Waals surface area contributed by atoms with E-state index in [9.17, 15) is 19.4 Å². The molecule has 0 heterocycles. The van der Waals surface area contributed by atoms with Crippen LogP contribution in [0, 0.1) is 0 Å². The molecule has 1 amide bonds. The third-order valence-corrected chi connectivity index (χ3v) is 12.5. The van der Waals surface area contributed by atoms with E-state index in [0.29, 0.717) is 23.9 Å². The molecule has 0 aliphatic heterocycles. The molecule has 0 fully saturated rings. The molecule has 2 N–H and O–H groups in total. The number of aliphatic hydroxyl groups excluding tert-OH is 1. The average Bonchev–Trinajstić information content (AvgIpc) is 3.24. The van der Waals surface area contributed by atoms with Crippen LogP contribution in [0.3, 0.4) is 0 Å². The number of rotatable bonds is 47. The molecule has 63 heavy (non-hydrogen) atoms. The Morgan fingerprint density at radius 1 is 0.571 bits per heavy atom. The van der Waals surface area contributed by atoms with Gasteiger partial charge in [-0.25, -0.2) is 0 Å². The number of quaternary nitrogens is 1. The number of unbranched alkanes of at least 4 members (excludes halogenated alkanes) is 24. The second-order valence-corrected chi connectivity index (χ2v) is 20.3. The van der Waals surface area contributed by atoms with Gasteiger partial charge in [0.2, 0.25) is 5.91 Å². The predicted octanol–water partition coefficient (Wildman–Crippen LogP) is 14.7. The normalized spacial score (nSPS) is 14.6. The molecular weight excluding hydrogens is 804 g/mol. The van der Waals surface area contributed by atoms with Crippen molar-refractivity contribution in [3.8, 4) is 0 Å². The Hall–Kier alpha value is -1.80. The number of likely N-dealkylation sites (N-methyl/N-ethyl adjacent to an activating group) is 1. The topological polar surface area (TPSA) is 108 Å². The Kier molecular flexibility index (Phi) is 44.1. The number of allylic oxidation sites excluding steroid dienone is 10. The second-order valence-electron chi connectivity index (χ2n) is 18.9. The highest BCUT2D eigenvalue weighted by atomic mass is 31.2. The van der Waals surface area contributed by atoms with E-state index in [1.807, 2.05) is 21.1 Å². The van der Waals surface area contributed by atoms with E-state index < -0.39 is 20.0 Å². The Labute approximate surface area is 390 Å². The van der Waals surface area contributed by atoms with Crippen molar-refractivity contribution in [3.05, 3.63) is 60.8 Å². The van der Waals surface area contributed by atoms with Gasteiger partial charge >= 0.3 is 0 Å². The summed E-state index contributed by atoms with van der Waals surface area (Å²) >= 11 is 0. The summed E-state index contributed by atoms with van der Waals surface area (Å²) in [6.07, 6.45) is 59.5. The van der Waals surface area contributed by atoms with E-state index >= 15 is 0 Å². The minimum absolute atomic E-state index is 0.00293. The van der Waals surface area contributed by atoms with Crippen molar-refractivity contribution in [1.29, 1.82) is 0 Å². The first-order chi connectivity index (χ1) is 30.5. The fourth-order valence-corrected chi connectivity index (χ4v) is 8.14. The molecule has 0 rings (SSSR count). The van der Waals surface area contributed by atoms with Gasteiger partial charge in [0, 0.05) is 6.42 Å². The van der Waals surface area contributed by atoms with E-state index in [-0.39, 0.29) is 19.1 Å². The zero-order valence-corrected chi connectivity index (χ0v) is 42.7. The summed E-state index contributed by atoms with van der Waals surface area (Å²) in [5.74, 6) is -0.196. The van der Waals surface area contributed by atoms with Crippen LogP contribution in [-0.4, -0.2) is 68.5 Å². The molecule has 368 valence electrons. The molecule has 0 bridgehead atoms. The molecule has 3 unspecified atom stereocenters. The largest absolute Gasteiger partial charge is 0.756 e. The molecule has 0 spiro atoms. The molecule has 9 heteroatoms. The van der Waals surface area contributed by atoms with E-state index in [1.165, 1.54) is 122 Å². The van der Waals surface area contributed by atoms with Crippen LogP contribution in [0.1, 0.15) is 226 Å². The standard InChI is InChI=1S/C54H101N2O6P/c1-6-8-10-12-14-16-18-20-22-24-26-27-28-30-31-33-35-37-39-41-43-45-47-53(57)52(51-62-63(59,60)61-50-49-56(3,4)5)55-54(58)48-46-44-42-40-38-36-34-32-29-25-23-21-19-17-15-13-11-9-7-2/h9,11,15,17,21,23,29,32,36,38,52-53,57H,6-8,10,12-14,16,18-20,22,24-28,30-31,33-35,37,39-51H2,1-5H3,(H-,55,58,59,60)/b11-9-,17-15-,23-21-,32-29-,38-36-. The molecule has 0 aromatic rings. The number of aliphatic hydroxyl groups is 1. The Bertz CT molecular complexity index is 1210. The quantitative estimate of drug-likeness (QED) is 0.0273. The molecule has 0 aliphatic carbocycles. The first-order valence-electron chi connectivity index (χ1n) is 26.1. The minimum atomic E-state index is -4.58. The molecule has 0 aromatic heterocycles. The van der Waals surface area contributed by atoms with Crippen molar-refractivity contribution in [2.24, 2.45) is 0 Å². The van der Waals surface area contributed by atoms with E-state index in [2.05, 4.69) is 79.9 Å². The summed E-state index contributed by atoms with van der Waals surface area (Å²) in [6, 6.07) is -0.821. The molecular formula is C54H101N2O6P. The van der Waals surface area contributed by atoms with E-state index in [0.717, 1.165) is 77.0 Å². The fourth-order valence-electron chi connectivity index (χ4n) is 7.42. The summed E-state index contributed by atoms with van der Waals surface area (Å²) in [4.78, 5) is 25.4. The van der Waals surface area contributed by atoms with Crippen LogP contribution in [0.25, 0.3) is 0 Å². The number of phosphoric ester groups is 1. The van der Waals surface area contributed by atoms with Gasteiger partial charge in [-0.2, -0.15) is 0 Å². The Morgan fingerprint density at radius 3 is 1.40 bits per heavy atom. The van der Waals surface area contributed by atoms with Crippen LogP contribution in [0.15, 0.2) is 60.8 Å². The summed E-state index contributed by atoms with van der Waals surface area (Å²) in [5.41, 5.74) is 0. The second kappa shape index (κ2) is 45.4. The number of phosphoric acid groups is 1. The number of carbonyl (C=O) groups excluding carboxylic acids is 1. The molecule has 0 radical (unpaired) electrons. The summed E-state index contributed by atoms with van der Waals surface area (Å²) < 4.78 is 23.3. The summed E-state index contributed by atoms with van der Waals surface area (Å²) in [7, 11) is 1.28. The molecule has 3 atom stereocenters. The summed E-state index contributed by atoms with van der Waals surface area (Å²) in [6.45, 7) is 4.59. The first kappa shape index (κ1) is 61.2. The number of carbonyl (C=O) groups is 1. The molecule has 0 saturated carbocycles. The zero-order chi connectivity index (χ0) is 46.4. The maximum Gasteiger partial charge on any atom is 0.268 e. The number of nitrogens with one attached hydrogen (secondary N) is 1. The fraction of sp³-hybridized carbons (Fsp3) is 0.796. The summed E-state index contributed by atoms with van der Waals surface area (Å²) in [5, 5.41) is 14.0. The van der Waals surface area contributed by atoms with Crippen LogP contribution in [-0.2, 0) is 18.4 Å². The highest BCUT2D eigenvalue weighted by Crippen LogP contribution is 2.38. The average molecular weight is 905 g/mol. The maximum absolute atomic E-state index is 12.9. The number of amides is 1. The van der Waals surface area contributed by atoms with Crippen LogP contribution in [0.2, 0.25) is 0 Å². The SMILES string of the molecule is CC/C=C\C/C=C\C/C=C\C/C=C\C/C=C\CCCCCC(=O)NC(COP(=O)([O-])OCC[N+](C)(C)C)C(O)CCCCCCCCCCCCCCCCCCCCCCCC. The molecule has 0 saturated heterocycles. The lowest BCUT2D eigenvalue weighted by Crippen LogP contribution is -2.46. The molecule has 0 aromatic carbocycles. The predicted molar refractivity (Wildman–Crippen MR) is 270 cm³/mol. The highest BCUT2D eigenvalue weighted by Gasteiger charge is 2.24. The monoisotopic (exact) mass is 905 g/mol. The van der Waals surface area contributed by atoms with Crippen LogP contribution in [0.4, 0.5) is 0 Å². The minimum Gasteiger partial charge on any atom is -0.756 e. The van der Waals surface area contributed by atoms with Gasteiger partial charge in [-0.05, 0) is 57.8 Å². The Balaban J connectivity index is 4.31. The van der Waals surface area contributed by atoms with Gasteiger partial charge in [0.05, 0.1) is 39.9 Å². The van der Waals surface area contributed by atoms with Crippen molar-refractivity contribution in [2.75, 3.05) is 40.9 Å². The van der Waals surface area contributed by atoms with Crippen LogP contribution < -0.4 is 10.2 Å². The van der Waals surface area contributed by atoms with Crippen molar-refractivity contribution in [2.45, 2.75) is 238 Å². The third-order valence-electron chi connectivity index (χ3n) is 11.5. The van der Waals surface area contributed by atoms with Gasteiger partial charge in [0.15, 0.2) is 0 Å². The van der Waals surface area contributed by atoms with Crippen LogP contribution >= 0.6 is 7.82 Å². The van der Waals surface area contributed by atoms with Gasteiger partial charge in [0.25, 0.3) is 7.82 Å². The van der Waals surface area contributed by atoms with Gasteiger partial charge in [0.1, 0.15) is 13.2 Å². The van der Waals surface area contributed by atoms with Gasteiger partial charge in [-0.3, -0.25) is 9.36 Å². The lowest BCUT2D eigenvalue weighted by atomic mass is 10.0. The molecule has 8 nitrogen and oxygen atoms in total. The number of nitrogens with zero attached hydrogens (tertiary/aromatic N) is 1. The van der Waals surface area contributed by atoms with E-state index in [4.69, 9.17) is 9.05 Å². The highest BCUT2D eigenvalue weighted by molar-refractivity contribution is 7.45. The lowest BCUT2D eigenvalue weighted by molar-refractivity contribution is -0.870. The molecule has 0 aliphatic rings. The van der Waals surface area contributed by atoms with Crippen molar-refractivity contribution >= 4 is 13.7 Å². The lowest BCUT2D eigenvalue weighted by Gasteiger charge is -2.30. The van der Waals surface area contributed by atoms with Gasteiger partial charge in [-0.15, -0.1) is 0 Å². The third kappa shape index (κ3) is 48.0. The van der Waals surface area contributed by atoms with Crippen molar-refractivity contribution in [3.63, 3.8) is 0 Å². The zero-order valence-electron chi connectivity index (χ0n) is 41.8. The van der Waals surface area contributed by atoms with Gasteiger partial charge < -0.3 is 28.8 Å². The van der Waals surface area contributed by atoms with Crippen LogP contribution in [0.5, 0.6) is 0 Å². The Morgan fingerprint density at radius 2 is 0.968 bits per heavy atom. The maximum atomic E-state index is 12.9. The van der Waals surface area contributed by atoms with Crippen molar-refractivity contribution < 1.29 is 32.9 Å². The first-order valence-corrected chi connectivity index (χ1v) is 27.6.